The van der Waals surface area contributed by atoms with Gasteiger partial charge in [0.25, 0.3) is 0 Å². The summed E-state index contributed by atoms with van der Waals surface area (Å²) >= 11 is 6.01. The fraction of sp³-hybridized carbons (Fsp3) is 0.400. The molecule has 2 rings (SSSR count). The fourth-order valence-corrected chi connectivity index (χ4v) is 2.48. The number of aliphatic hydroxyl groups excluding tert-OH is 1. The predicted octanol–water partition coefficient (Wildman–Crippen LogP) is 3.54. The smallest absolute Gasteiger partial charge is 0.162 e. The lowest BCUT2D eigenvalue weighted by Crippen LogP contribution is -2.14. The lowest BCUT2D eigenvalue weighted by atomic mass is 10.0. The Morgan fingerprint density at radius 1 is 1.43 bits per heavy atom. The summed E-state index contributed by atoms with van der Waals surface area (Å²) in [7, 11) is 1.53. The highest BCUT2D eigenvalue weighted by Gasteiger charge is 2.22. The highest BCUT2D eigenvalue weighted by molar-refractivity contribution is 6.31. The maximum atomic E-state index is 13.1. The van der Waals surface area contributed by atoms with E-state index in [1.807, 2.05) is 13.8 Å². The van der Waals surface area contributed by atoms with Crippen LogP contribution in [0.2, 0.25) is 5.02 Å². The van der Waals surface area contributed by atoms with Gasteiger partial charge in [0, 0.05) is 17.5 Å². The van der Waals surface area contributed by atoms with E-state index in [0.717, 1.165) is 0 Å². The van der Waals surface area contributed by atoms with Crippen molar-refractivity contribution in [3.8, 4) is 5.75 Å². The third-order valence-corrected chi connectivity index (χ3v) is 3.60. The second kappa shape index (κ2) is 6.45. The van der Waals surface area contributed by atoms with Crippen LogP contribution in [0.1, 0.15) is 37.3 Å². The van der Waals surface area contributed by atoms with Gasteiger partial charge in [-0.05, 0) is 31.5 Å². The maximum Gasteiger partial charge on any atom is 0.162 e. The monoisotopic (exact) mass is 312 g/mol. The molecule has 0 saturated heterocycles. The van der Waals surface area contributed by atoms with Gasteiger partial charge in [-0.25, -0.2) is 4.39 Å². The summed E-state index contributed by atoms with van der Waals surface area (Å²) in [6.07, 6.45) is 0.992. The molecule has 2 aromatic rings. The van der Waals surface area contributed by atoms with Crippen molar-refractivity contribution in [1.82, 2.24) is 9.78 Å². The first-order valence-electron chi connectivity index (χ1n) is 6.67. The van der Waals surface area contributed by atoms with Crippen molar-refractivity contribution in [1.29, 1.82) is 0 Å². The van der Waals surface area contributed by atoms with Gasteiger partial charge in [0.2, 0.25) is 0 Å². The Balaban J connectivity index is 2.31. The Kier molecular flexibility index (Phi) is 4.85. The summed E-state index contributed by atoms with van der Waals surface area (Å²) in [6.45, 7) is 3.93. The first-order valence-corrected chi connectivity index (χ1v) is 7.05. The Bertz CT molecular complexity index is 628. The number of hydrogen-bond donors (Lipinski definition) is 1. The van der Waals surface area contributed by atoms with Crippen molar-refractivity contribution in [3.05, 3.63) is 46.5 Å². The van der Waals surface area contributed by atoms with Crippen LogP contribution in [-0.2, 0) is 6.42 Å². The molecule has 4 nitrogen and oxygen atoms in total. The van der Waals surface area contributed by atoms with E-state index in [2.05, 4.69) is 5.10 Å². The lowest BCUT2D eigenvalue weighted by molar-refractivity contribution is 0.160. The van der Waals surface area contributed by atoms with E-state index in [0.29, 0.717) is 22.0 Å². The van der Waals surface area contributed by atoms with Gasteiger partial charge in [-0.15, -0.1) is 0 Å². The molecule has 0 aliphatic carbocycles. The third-order valence-electron chi connectivity index (χ3n) is 3.25. The molecule has 0 aliphatic heterocycles. The number of nitrogens with zero attached hydrogens (tertiary/aromatic N) is 2. The van der Waals surface area contributed by atoms with Crippen LogP contribution >= 0.6 is 11.6 Å². The van der Waals surface area contributed by atoms with E-state index in [9.17, 15) is 9.50 Å². The van der Waals surface area contributed by atoms with Crippen molar-refractivity contribution in [2.45, 2.75) is 32.4 Å². The Hall–Kier alpha value is -1.59. The number of halogens is 2. The Labute approximate surface area is 128 Å². The van der Waals surface area contributed by atoms with E-state index >= 15 is 0 Å². The van der Waals surface area contributed by atoms with Gasteiger partial charge in [0.15, 0.2) is 5.75 Å². The van der Waals surface area contributed by atoms with E-state index in [1.54, 1.807) is 16.9 Å². The van der Waals surface area contributed by atoms with Crippen LogP contribution < -0.4 is 4.74 Å². The zero-order valence-electron chi connectivity index (χ0n) is 12.2. The normalized spacial score (nSPS) is 12.7. The largest absolute Gasteiger partial charge is 0.493 e. The van der Waals surface area contributed by atoms with Crippen LogP contribution in [0, 0.1) is 5.82 Å². The number of hydrogen-bond acceptors (Lipinski definition) is 3. The van der Waals surface area contributed by atoms with Crippen molar-refractivity contribution >= 4 is 11.6 Å². The van der Waals surface area contributed by atoms with Crippen LogP contribution in [0.3, 0.4) is 0 Å². The molecule has 1 atom stereocenters. The highest BCUT2D eigenvalue weighted by atomic mass is 35.5. The first-order chi connectivity index (χ1) is 9.93. The minimum atomic E-state index is -0.840. The molecule has 0 aliphatic rings. The average molecular weight is 313 g/mol. The Morgan fingerprint density at radius 2 is 2.14 bits per heavy atom. The SMILES string of the molecule is COc1cnn(C(C)C)c1C(O)Cc1ccc(F)cc1Cl. The second-order valence-electron chi connectivity index (χ2n) is 5.09. The summed E-state index contributed by atoms with van der Waals surface area (Å²) in [6, 6.07) is 4.22. The Morgan fingerprint density at radius 3 is 2.71 bits per heavy atom. The molecule has 0 fully saturated rings. The molecular weight excluding hydrogens is 295 g/mol. The van der Waals surface area contributed by atoms with E-state index in [4.69, 9.17) is 16.3 Å². The molecule has 1 aromatic heterocycles. The van der Waals surface area contributed by atoms with Crippen molar-refractivity contribution in [2.24, 2.45) is 0 Å². The minimum absolute atomic E-state index is 0.0854. The number of benzene rings is 1. The number of methoxy groups -OCH3 is 1. The molecule has 114 valence electrons. The summed E-state index contributed by atoms with van der Waals surface area (Å²) in [5.74, 6) is 0.123. The second-order valence-corrected chi connectivity index (χ2v) is 5.50. The third kappa shape index (κ3) is 3.36. The van der Waals surface area contributed by atoms with Crippen LogP contribution in [0.4, 0.5) is 4.39 Å². The van der Waals surface area contributed by atoms with Crippen molar-refractivity contribution in [3.63, 3.8) is 0 Å². The molecule has 1 unspecified atom stereocenters. The molecule has 1 aromatic carbocycles. The van der Waals surface area contributed by atoms with Gasteiger partial charge < -0.3 is 9.84 Å². The van der Waals surface area contributed by atoms with Crippen LogP contribution in [-0.4, -0.2) is 22.0 Å². The molecule has 0 amide bonds. The fourth-order valence-electron chi connectivity index (χ4n) is 2.23. The minimum Gasteiger partial charge on any atom is -0.493 e. The van der Waals surface area contributed by atoms with Crippen LogP contribution in [0.5, 0.6) is 5.75 Å². The summed E-state index contributed by atoms with van der Waals surface area (Å²) in [4.78, 5) is 0. The van der Waals surface area contributed by atoms with Crippen LogP contribution in [0.25, 0.3) is 0 Å². The van der Waals surface area contributed by atoms with Gasteiger partial charge in [-0.3, -0.25) is 4.68 Å². The standard InChI is InChI=1S/C15H18ClFN2O2/c1-9(2)19-15(14(21-3)8-18-19)13(20)6-10-4-5-11(17)7-12(10)16/h4-5,7-9,13,20H,6H2,1-3H3. The zero-order valence-corrected chi connectivity index (χ0v) is 12.9. The van der Waals surface area contributed by atoms with Crippen LogP contribution in [0.15, 0.2) is 24.4 Å². The van der Waals surface area contributed by atoms with Gasteiger partial charge in [-0.1, -0.05) is 17.7 Å². The summed E-state index contributed by atoms with van der Waals surface area (Å²) in [5.41, 5.74) is 1.26. The molecule has 0 bridgehead atoms. The lowest BCUT2D eigenvalue weighted by Gasteiger charge is -2.17. The molecule has 1 N–H and O–H groups in total. The van der Waals surface area contributed by atoms with Crippen molar-refractivity contribution < 1.29 is 14.2 Å². The quantitative estimate of drug-likeness (QED) is 0.918. The zero-order chi connectivity index (χ0) is 15.6. The molecule has 21 heavy (non-hydrogen) atoms. The first kappa shape index (κ1) is 15.8. The predicted molar refractivity (Wildman–Crippen MR) is 79.2 cm³/mol. The molecule has 0 spiro atoms. The number of aliphatic hydroxyl groups is 1. The van der Waals surface area contributed by atoms with E-state index in [-0.39, 0.29) is 12.5 Å². The summed E-state index contributed by atoms with van der Waals surface area (Å²) < 4.78 is 20.0. The summed E-state index contributed by atoms with van der Waals surface area (Å²) in [5, 5.41) is 15.0. The topological polar surface area (TPSA) is 47.3 Å². The van der Waals surface area contributed by atoms with Gasteiger partial charge in [-0.2, -0.15) is 5.10 Å². The van der Waals surface area contributed by atoms with Crippen molar-refractivity contribution in [2.75, 3.05) is 7.11 Å². The maximum absolute atomic E-state index is 13.1. The van der Waals surface area contributed by atoms with Gasteiger partial charge >= 0.3 is 0 Å². The van der Waals surface area contributed by atoms with Gasteiger partial charge in [0.05, 0.1) is 13.3 Å². The average Bonchev–Trinajstić information content (AvgIpc) is 2.86. The molecule has 1 heterocycles. The number of ether oxygens (including phenoxy) is 1. The molecule has 0 radical (unpaired) electrons. The molecular formula is C15H18ClFN2O2. The molecule has 0 saturated carbocycles. The number of rotatable bonds is 5. The van der Waals surface area contributed by atoms with E-state index in [1.165, 1.54) is 19.2 Å². The number of aromatic nitrogens is 2. The molecule has 6 heteroatoms. The van der Waals surface area contributed by atoms with Gasteiger partial charge in [0.1, 0.15) is 17.6 Å². The highest BCUT2D eigenvalue weighted by Crippen LogP contribution is 2.31. The van der Waals surface area contributed by atoms with E-state index < -0.39 is 11.9 Å².